The van der Waals surface area contributed by atoms with Gasteiger partial charge in [0.2, 0.25) is 0 Å². The van der Waals surface area contributed by atoms with Crippen LogP contribution in [0, 0.1) is 0 Å². The van der Waals surface area contributed by atoms with Crippen LogP contribution in [0.5, 0.6) is 0 Å². The highest BCUT2D eigenvalue weighted by molar-refractivity contribution is 6.30. The second-order valence-corrected chi connectivity index (χ2v) is 8.90. The molecule has 34 heavy (non-hydrogen) atoms. The predicted octanol–water partition coefficient (Wildman–Crippen LogP) is 9.63. The van der Waals surface area contributed by atoms with Gasteiger partial charge in [-0.2, -0.15) is 0 Å². The average molecular weight is 431 g/mol. The molecule has 0 fully saturated rings. The molecule has 0 saturated heterocycles. The minimum Gasteiger partial charge on any atom is -0.0622 e. The first kappa shape index (κ1) is 19.1. The first-order valence-electron chi connectivity index (χ1n) is 11.8. The maximum atomic E-state index is 2.34. The Bertz CT molecular complexity index is 1830. The van der Waals surface area contributed by atoms with Gasteiger partial charge in [0.05, 0.1) is 0 Å². The molecule has 7 aromatic carbocycles. The number of hydrogen-bond acceptors (Lipinski definition) is 0. The van der Waals surface area contributed by atoms with E-state index in [9.17, 15) is 0 Å². The van der Waals surface area contributed by atoms with E-state index < -0.39 is 0 Å². The first-order chi connectivity index (χ1) is 16.9. The molecule has 0 aliphatic carbocycles. The second kappa shape index (κ2) is 7.57. The lowest BCUT2D eigenvalue weighted by molar-refractivity contribution is 1.66. The maximum absolute atomic E-state index is 2.34. The molecule has 0 aromatic heterocycles. The number of rotatable bonds is 2. The quantitative estimate of drug-likeness (QED) is 0.189. The van der Waals surface area contributed by atoms with Gasteiger partial charge >= 0.3 is 0 Å². The van der Waals surface area contributed by atoms with Gasteiger partial charge in [0, 0.05) is 0 Å². The Morgan fingerprint density at radius 2 is 0.765 bits per heavy atom. The van der Waals surface area contributed by atoms with Crippen molar-refractivity contribution in [2.75, 3.05) is 0 Å². The van der Waals surface area contributed by atoms with Crippen molar-refractivity contribution in [3.8, 4) is 22.3 Å². The molecule has 0 N–H and O–H groups in total. The Hall–Kier alpha value is -4.42. The lowest BCUT2D eigenvalue weighted by Gasteiger charge is -2.19. The van der Waals surface area contributed by atoms with E-state index in [2.05, 4.69) is 133 Å². The van der Waals surface area contributed by atoms with E-state index in [-0.39, 0.29) is 0 Å². The van der Waals surface area contributed by atoms with Crippen LogP contribution in [0.2, 0.25) is 0 Å². The molecule has 0 heteroatoms. The van der Waals surface area contributed by atoms with Gasteiger partial charge in [0.1, 0.15) is 0 Å². The third kappa shape index (κ3) is 2.79. The van der Waals surface area contributed by atoms with Crippen molar-refractivity contribution in [1.82, 2.24) is 0 Å². The molecule has 158 valence electrons. The number of benzene rings is 7. The zero-order chi connectivity index (χ0) is 22.5. The molecule has 0 amide bonds. The molecule has 0 heterocycles. The highest BCUT2D eigenvalue weighted by Gasteiger charge is 2.18. The SMILES string of the molecule is c1ccc(-c2c3ccccc3c(-c3ccccc3)c3c2ccc2c4ccccc4ccc23)cc1. The molecule has 0 radical (unpaired) electrons. The standard InChI is InChI=1S/C34H22/c1-3-12-24(13-4-1)32-28-17-9-10-18-29(28)33(25-14-5-2-6-15-25)34-30-20-19-23-11-7-8-16-26(23)27(30)21-22-31(32)34/h1-22H. The fourth-order valence-electron chi connectivity index (χ4n) is 5.59. The molecule has 0 bridgehead atoms. The van der Waals surface area contributed by atoms with Crippen LogP contribution in [-0.4, -0.2) is 0 Å². The lowest BCUT2D eigenvalue weighted by Crippen LogP contribution is -1.92. The summed E-state index contributed by atoms with van der Waals surface area (Å²) < 4.78 is 0. The van der Waals surface area contributed by atoms with Crippen molar-refractivity contribution < 1.29 is 0 Å². The highest BCUT2D eigenvalue weighted by Crippen LogP contribution is 2.46. The van der Waals surface area contributed by atoms with Crippen molar-refractivity contribution in [3.05, 3.63) is 133 Å². The van der Waals surface area contributed by atoms with E-state index >= 15 is 0 Å². The van der Waals surface area contributed by atoms with Crippen LogP contribution in [-0.2, 0) is 0 Å². The van der Waals surface area contributed by atoms with Gasteiger partial charge in [0.15, 0.2) is 0 Å². The second-order valence-electron chi connectivity index (χ2n) is 8.90. The van der Waals surface area contributed by atoms with Crippen LogP contribution in [0.15, 0.2) is 133 Å². The van der Waals surface area contributed by atoms with Gasteiger partial charge in [0.25, 0.3) is 0 Å². The van der Waals surface area contributed by atoms with Crippen molar-refractivity contribution in [2.45, 2.75) is 0 Å². The summed E-state index contributed by atoms with van der Waals surface area (Å²) in [4.78, 5) is 0. The van der Waals surface area contributed by atoms with Gasteiger partial charge in [-0.3, -0.25) is 0 Å². The lowest BCUT2D eigenvalue weighted by atomic mass is 9.83. The minimum atomic E-state index is 1.25. The molecular weight excluding hydrogens is 408 g/mol. The zero-order valence-corrected chi connectivity index (χ0v) is 18.7. The fourth-order valence-corrected chi connectivity index (χ4v) is 5.59. The van der Waals surface area contributed by atoms with Crippen LogP contribution in [0.3, 0.4) is 0 Å². The summed E-state index contributed by atoms with van der Waals surface area (Å²) in [7, 11) is 0. The smallest absolute Gasteiger partial charge is 0.00139 e. The highest BCUT2D eigenvalue weighted by atomic mass is 14.2. The zero-order valence-electron chi connectivity index (χ0n) is 18.7. The van der Waals surface area contributed by atoms with Crippen LogP contribution < -0.4 is 0 Å². The average Bonchev–Trinajstić information content (AvgIpc) is 2.92. The Labute approximate surface area is 198 Å². The van der Waals surface area contributed by atoms with Crippen molar-refractivity contribution in [1.29, 1.82) is 0 Å². The van der Waals surface area contributed by atoms with Crippen LogP contribution in [0.25, 0.3) is 65.3 Å². The summed E-state index contributed by atoms with van der Waals surface area (Å²) in [5.74, 6) is 0. The van der Waals surface area contributed by atoms with Gasteiger partial charge in [-0.05, 0) is 65.3 Å². The summed E-state index contributed by atoms with van der Waals surface area (Å²) in [5.41, 5.74) is 5.13. The molecule has 0 nitrogen and oxygen atoms in total. The molecular formula is C34H22. The van der Waals surface area contributed by atoms with Crippen LogP contribution in [0.4, 0.5) is 0 Å². The van der Waals surface area contributed by atoms with E-state index in [1.807, 2.05) is 0 Å². The largest absolute Gasteiger partial charge is 0.0622 e. The Morgan fingerprint density at radius 3 is 1.47 bits per heavy atom. The van der Waals surface area contributed by atoms with E-state index in [4.69, 9.17) is 0 Å². The van der Waals surface area contributed by atoms with Gasteiger partial charge in [-0.15, -0.1) is 0 Å². The summed E-state index contributed by atoms with van der Waals surface area (Å²) in [6.07, 6.45) is 0. The fraction of sp³-hybridized carbons (Fsp3) is 0. The normalized spacial score (nSPS) is 11.5. The number of hydrogen-bond donors (Lipinski definition) is 0. The van der Waals surface area contributed by atoms with Crippen LogP contribution in [0.1, 0.15) is 0 Å². The maximum Gasteiger partial charge on any atom is -0.00139 e. The summed E-state index contributed by atoms with van der Waals surface area (Å²) in [5, 5.41) is 10.4. The molecule has 0 unspecified atom stereocenters. The third-order valence-corrected chi connectivity index (χ3v) is 7.04. The van der Waals surface area contributed by atoms with Gasteiger partial charge in [-0.1, -0.05) is 133 Å². The Kier molecular flexibility index (Phi) is 4.25. The molecule has 0 aliphatic rings. The molecule has 7 rings (SSSR count). The van der Waals surface area contributed by atoms with E-state index in [0.29, 0.717) is 0 Å². The topological polar surface area (TPSA) is 0 Å². The molecule has 0 saturated carbocycles. The van der Waals surface area contributed by atoms with E-state index in [1.165, 1.54) is 65.3 Å². The predicted molar refractivity (Wildman–Crippen MR) is 147 cm³/mol. The van der Waals surface area contributed by atoms with Crippen molar-refractivity contribution in [2.24, 2.45) is 0 Å². The van der Waals surface area contributed by atoms with Crippen molar-refractivity contribution >= 4 is 43.1 Å². The van der Waals surface area contributed by atoms with Gasteiger partial charge in [-0.25, -0.2) is 0 Å². The monoisotopic (exact) mass is 430 g/mol. The third-order valence-electron chi connectivity index (χ3n) is 7.04. The first-order valence-corrected chi connectivity index (χ1v) is 11.8. The Balaban J connectivity index is 1.79. The van der Waals surface area contributed by atoms with E-state index in [1.54, 1.807) is 0 Å². The van der Waals surface area contributed by atoms with Gasteiger partial charge < -0.3 is 0 Å². The summed E-state index contributed by atoms with van der Waals surface area (Å²) in [6.45, 7) is 0. The van der Waals surface area contributed by atoms with Crippen molar-refractivity contribution in [3.63, 3.8) is 0 Å². The van der Waals surface area contributed by atoms with E-state index in [0.717, 1.165) is 0 Å². The summed E-state index contributed by atoms with van der Waals surface area (Å²) >= 11 is 0. The summed E-state index contributed by atoms with van der Waals surface area (Å²) in [6, 6.07) is 48.5. The molecule has 7 aromatic rings. The van der Waals surface area contributed by atoms with Crippen LogP contribution >= 0.6 is 0 Å². The molecule has 0 spiro atoms. The number of fused-ring (bicyclic) bond motifs is 6. The minimum absolute atomic E-state index is 1.25. The Morgan fingerprint density at radius 1 is 0.265 bits per heavy atom. The molecule has 0 aliphatic heterocycles. The molecule has 0 atom stereocenters.